The van der Waals surface area contributed by atoms with Crippen LogP contribution in [0.4, 0.5) is 0 Å². The highest BCUT2D eigenvalue weighted by molar-refractivity contribution is 9.11. The summed E-state index contributed by atoms with van der Waals surface area (Å²) in [5.74, 6) is 0. The Balaban J connectivity index is 2.20. The zero-order chi connectivity index (χ0) is 13.3. The summed E-state index contributed by atoms with van der Waals surface area (Å²) in [6.07, 6.45) is 0. The molecule has 0 saturated carbocycles. The molecular formula is C10H11BrN2O2S3. The van der Waals surface area contributed by atoms with Crippen molar-refractivity contribution in [2.75, 3.05) is 7.05 Å². The lowest BCUT2D eigenvalue weighted by Gasteiger charge is -2.14. The number of hydrogen-bond acceptors (Lipinski definition) is 5. The van der Waals surface area contributed by atoms with Gasteiger partial charge in [0, 0.05) is 12.4 Å². The third kappa shape index (κ3) is 3.00. The fraction of sp³-hybridized carbons (Fsp3) is 0.300. The first-order valence-electron chi connectivity index (χ1n) is 5.02. The van der Waals surface area contributed by atoms with Gasteiger partial charge in [0.25, 0.3) is 10.0 Å². The van der Waals surface area contributed by atoms with Gasteiger partial charge >= 0.3 is 0 Å². The lowest BCUT2D eigenvalue weighted by molar-refractivity contribution is 0.464. The van der Waals surface area contributed by atoms with E-state index in [1.165, 1.54) is 27.0 Å². The first-order chi connectivity index (χ1) is 8.39. The van der Waals surface area contributed by atoms with Crippen molar-refractivity contribution in [3.63, 3.8) is 0 Å². The van der Waals surface area contributed by atoms with Crippen LogP contribution in [0.5, 0.6) is 0 Å². The van der Waals surface area contributed by atoms with Gasteiger partial charge in [-0.05, 0) is 35.0 Å². The molecule has 2 rings (SSSR count). The molecule has 18 heavy (non-hydrogen) atoms. The molecule has 0 atom stereocenters. The maximum atomic E-state index is 12.2. The highest BCUT2D eigenvalue weighted by Gasteiger charge is 2.23. The molecular weight excluding hydrogens is 356 g/mol. The van der Waals surface area contributed by atoms with E-state index in [0.717, 1.165) is 14.5 Å². The number of aryl methyl sites for hydroxylation is 1. The average molecular weight is 367 g/mol. The van der Waals surface area contributed by atoms with Crippen LogP contribution in [-0.4, -0.2) is 24.8 Å². The summed E-state index contributed by atoms with van der Waals surface area (Å²) in [5.41, 5.74) is 0.777. The third-order valence-corrected chi connectivity index (χ3v) is 6.98. The van der Waals surface area contributed by atoms with E-state index in [1.54, 1.807) is 19.2 Å². The van der Waals surface area contributed by atoms with Crippen LogP contribution in [0.3, 0.4) is 0 Å². The van der Waals surface area contributed by atoms with Gasteiger partial charge < -0.3 is 0 Å². The van der Waals surface area contributed by atoms with Crippen LogP contribution in [-0.2, 0) is 16.6 Å². The topological polar surface area (TPSA) is 50.3 Å². The number of hydrogen-bond donors (Lipinski definition) is 0. The summed E-state index contributed by atoms with van der Waals surface area (Å²) in [5, 5.41) is 2.82. The molecule has 0 aliphatic rings. The van der Waals surface area contributed by atoms with Gasteiger partial charge in [0.15, 0.2) is 0 Å². The predicted octanol–water partition coefficient (Wildman–Crippen LogP) is 3.10. The normalized spacial score (nSPS) is 12.2. The smallest absolute Gasteiger partial charge is 0.245 e. The van der Waals surface area contributed by atoms with Gasteiger partial charge in [-0.1, -0.05) is 0 Å². The molecule has 0 fully saturated rings. The molecule has 0 aliphatic heterocycles. The Morgan fingerprint density at radius 1 is 1.44 bits per heavy atom. The van der Waals surface area contributed by atoms with Crippen molar-refractivity contribution in [2.24, 2.45) is 0 Å². The van der Waals surface area contributed by atoms with Crippen LogP contribution >= 0.6 is 38.6 Å². The van der Waals surface area contributed by atoms with Crippen LogP contribution in [0, 0.1) is 6.92 Å². The van der Waals surface area contributed by atoms with E-state index in [-0.39, 0.29) is 0 Å². The monoisotopic (exact) mass is 366 g/mol. The van der Waals surface area contributed by atoms with E-state index >= 15 is 0 Å². The Morgan fingerprint density at radius 3 is 2.67 bits per heavy atom. The molecule has 0 aromatic carbocycles. The zero-order valence-corrected chi connectivity index (χ0v) is 13.8. The molecule has 4 nitrogen and oxygen atoms in total. The van der Waals surface area contributed by atoms with Crippen molar-refractivity contribution in [3.05, 3.63) is 32.0 Å². The minimum Gasteiger partial charge on any atom is -0.245 e. The predicted molar refractivity (Wildman–Crippen MR) is 77.5 cm³/mol. The Kier molecular flexibility index (Phi) is 4.22. The molecule has 2 aromatic heterocycles. The second-order valence-corrected chi connectivity index (χ2v) is 9.47. The second-order valence-electron chi connectivity index (χ2n) is 3.68. The Morgan fingerprint density at radius 2 is 2.17 bits per heavy atom. The van der Waals surface area contributed by atoms with Gasteiger partial charge in [-0.2, -0.15) is 4.31 Å². The third-order valence-electron chi connectivity index (χ3n) is 2.26. The van der Waals surface area contributed by atoms with Crippen LogP contribution in [0.2, 0.25) is 0 Å². The molecule has 2 heterocycles. The van der Waals surface area contributed by atoms with E-state index in [0.29, 0.717) is 10.8 Å². The Hall–Kier alpha value is -0.280. The van der Waals surface area contributed by atoms with Gasteiger partial charge in [-0.15, -0.1) is 22.7 Å². The molecule has 0 N–H and O–H groups in total. The molecule has 0 aliphatic carbocycles. The average Bonchev–Trinajstić information content (AvgIpc) is 2.88. The number of thiophene rings is 1. The summed E-state index contributed by atoms with van der Waals surface area (Å²) >= 11 is 6.00. The minimum absolute atomic E-state index is 0.294. The number of aromatic nitrogens is 1. The van der Waals surface area contributed by atoms with E-state index < -0.39 is 10.0 Å². The maximum absolute atomic E-state index is 12.2. The van der Waals surface area contributed by atoms with Gasteiger partial charge in [-0.25, -0.2) is 13.4 Å². The number of thiazole rings is 1. The quantitative estimate of drug-likeness (QED) is 0.835. The summed E-state index contributed by atoms with van der Waals surface area (Å²) < 4.78 is 27.0. The molecule has 0 spiro atoms. The first kappa shape index (κ1) is 14.1. The molecule has 0 radical (unpaired) electrons. The van der Waals surface area contributed by atoms with Crippen molar-refractivity contribution in [1.29, 1.82) is 0 Å². The van der Waals surface area contributed by atoms with E-state index in [2.05, 4.69) is 20.9 Å². The SMILES string of the molecule is Cc1nc(CN(C)S(=O)(=O)c2ccc(Br)s2)cs1. The maximum Gasteiger partial charge on any atom is 0.252 e. The zero-order valence-electron chi connectivity index (χ0n) is 9.75. The van der Waals surface area contributed by atoms with Crippen LogP contribution < -0.4 is 0 Å². The van der Waals surface area contributed by atoms with Crippen molar-refractivity contribution >= 4 is 48.6 Å². The lowest BCUT2D eigenvalue weighted by atomic mass is 10.5. The van der Waals surface area contributed by atoms with Crippen LogP contribution in [0.1, 0.15) is 10.7 Å². The summed E-state index contributed by atoms with van der Waals surface area (Å²) in [4.78, 5) is 4.27. The number of sulfonamides is 1. The lowest BCUT2D eigenvalue weighted by Crippen LogP contribution is -2.25. The van der Waals surface area contributed by atoms with E-state index in [1.807, 2.05) is 12.3 Å². The summed E-state index contributed by atoms with van der Waals surface area (Å²) in [7, 11) is -1.85. The standard InChI is InChI=1S/C10H11BrN2O2S3/c1-7-12-8(6-16-7)5-13(2)18(14,15)10-4-3-9(11)17-10/h3-4,6H,5H2,1-2H3. The van der Waals surface area contributed by atoms with Gasteiger partial charge in [0.05, 0.1) is 21.0 Å². The molecule has 0 unspecified atom stereocenters. The second kappa shape index (κ2) is 5.38. The minimum atomic E-state index is -3.42. The number of nitrogens with zero attached hydrogens (tertiary/aromatic N) is 2. The van der Waals surface area contributed by atoms with Crippen LogP contribution in [0.15, 0.2) is 25.5 Å². The molecule has 0 amide bonds. The van der Waals surface area contributed by atoms with Gasteiger partial charge in [-0.3, -0.25) is 0 Å². The van der Waals surface area contributed by atoms with Gasteiger partial charge in [0.1, 0.15) is 4.21 Å². The van der Waals surface area contributed by atoms with Crippen molar-refractivity contribution in [2.45, 2.75) is 17.7 Å². The molecule has 8 heteroatoms. The summed E-state index contributed by atoms with van der Waals surface area (Å²) in [6, 6.07) is 3.34. The van der Waals surface area contributed by atoms with Crippen molar-refractivity contribution < 1.29 is 8.42 Å². The van der Waals surface area contributed by atoms with Crippen LogP contribution in [0.25, 0.3) is 0 Å². The largest absolute Gasteiger partial charge is 0.252 e. The Labute approximate surface area is 122 Å². The molecule has 98 valence electrons. The van der Waals surface area contributed by atoms with Crippen molar-refractivity contribution in [3.8, 4) is 0 Å². The molecule has 0 bridgehead atoms. The first-order valence-corrected chi connectivity index (χ1v) is 8.95. The summed E-state index contributed by atoms with van der Waals surface area (Å²) in [6.45, 7) is 2.20. The number of rotatable bonds is 4. The highest BCUT2D eigenvalue weighted by Crippen LogP contribution is 2.28. The fourth-order valence-corrected chi connectivity index (χ4v) is 5.35. The molecule has 0 saturated heterocycles. The van der Waals surface area contributed by atoms with Gasteiger partial charge in [0.2, 0.25) is 0 Å². The highest BCUT2D eigenvalue weighted by atomic mass is 79.9. The van der Waals surface area contributed by atoms with E-state index in [4.69, 9.17) is 0 Å². The Bertz CT molecular complexity index is 648. The fourth-order valence-electron chi connectivity index (χ4n) is 1.38. The van der Waals surface area contributed by atoms with Crippen molar-refractivity contribution in [1.82, 2.24) is 9.29 Å². The van der Waals surface area contributed by atoms with E-state index in [9.17, 15) is 8.42 Å². The number of halogens is 1. The molecule has 2 aromatic rings.